The highest BCUT2D eigenvalue weighted by atomic mass is 32.1. The third-order valence-electron chi connectivity index (χ3n) is 3.80. The Balaban J connectivity index is 2.09. The number of carbonyl (C=O) groups is 1. The molecule has 0 atom stereocenters. The smallest absolute Gasteiger partial charge is 0.279 e. The first-order chi connectivity index (χ1) is 11.6. The summed E-state index contributed by atoms with van der Waals surface area (Å²) in [5.41, 5.74) is 5.09. The quantitative estimate of drug-likeness (QED) is 0.685. The van der Waals surface area contributed by atoms with E-state index < -0.39 is 0 Å². The van der Waals surface area contributed by atoms with Crippen LogP contribution in [0.1, 0.15) is 21.5 Å². The molecule has 0 spiro atoms. The zero-order chi connectivity index (χ0) is 17.1. The molecule has 3 aromatic rings. The third kappa shape index (κ3) is 3.14. The number of hydrogen-bond acceptors (Lipinski definition) is 2. The van der Waals surface area contributed by atoms with Crippen molar-refractivity contribution in [1.29, 1.82) is 0 Å². The van der Waals surface area contributed by atoms with Crippen LogP contribution in [0.15, 0.2) is 65.5 Å². The van der Waals surface area contributed by atoms with Crippen LogP contribution >= 0.6 is 11.3 Å². The average molecular weight is 334 g/mol. The summed E-state index contributed by atoms with van der Waals surface area (Å²) in [6.07, 6.45) is 1.70. The van der Waals surface area contributed by atoms with E-state index in [1.54, 1.807) is 18.3 Å². The maximum Gasteiger partial charge on any atom is 0.279 e. The van der Waals surface area contributed by atoms with Gasteiger partial charge in [0.2, 0.25) is 0 Å². The van der Waals surface area contributed by atoms with Gasteiger partial charge in [0.25, 0.3) is 5.91 Å². The summed E-state index contributed by atoms with van der Waals surface area (Å²) in [5.74, 6) is -0.250. The van der Waals surface area contributed by atoms with Gasteiger partial charge in [0.05, 0.1) is 5.69 Å². The minimum atomic E-state index is -0.250. The lowest BCUT2D eigenvalue weighted by Crippen LogP contribution is -2.13. The Morgan fingerprint density at radius 3 is 2.58 bits per heavy atom. The molecule has 0 aliphatic heterocycles. The van der Waals surface area contributed by atoms with E-state index in [1.165, 1.54) is 22.5 Å². The zero-order valence-electron chi connectivity index (χ0n) is 13.7. The summed E-state index contributed by atoms with van der Waals surface area (Å²) in [7, 11) is 0. The van der Waals surface area contributed by atoms with Gasteiger partial charge in [0.15, 0.2) is 4.80 Å². The van der Waals surface area contributed by atoms with Gasteiger partial charge in [-0.25, -0.2) is 0 Å². The molecule has 2 aromatic carbocycles. The summed E-state index contributed by atoms with van der Waals surface area (Å²) in [5, 5.41) is 2.01. The van der Waals surface area contributed by atoms with Crippen molar-refractivity contribution < 1.29 is 4.79 Å². The number of thiazole rings is 1. The lowest BCUT2D eigenvalue weighted by Gasteiger charge is -2.08. The molecule has 0 unspecified atom stereocenters. The largest absolute Gasteiger partial charge is 0.292 e. The first kappa shape index (κ1) is 16.1. The van der Waals surface area contributed by atoms with Gasteiger partial charge >= 0.3 is 0 Å². The third-order valence-corrected chi connectivity index (χ3v) is 4.64. The lowest BCUT2D eigenvalue weighted by molar-refractivity contribution is 0.0998. The Kier molecular flexibility index (Phi) is 4.58. The van der Waals surface area contributed by atoms with Crippen LogP contribution in [-0.4, -0.2) is 10.5 Å². The molecule has 0 aliphatic carbocycles. The molecule has 0 bridgehead atoms. The summed E-state index contributed by atoms with van der Waals surface area (Å²) < 4.78 is 1.86. The van der Waals surface area contributed by atoms with Gasteiger partial charge < -0.3 is 0 Å². The summed E-state index contributed by atoms with van der Waals surface area (Å²) >= 11 is 1.44. The highest BCUT2D eigenvalue weighted by molar-refractivity contribution is 7.07. The fourth-order valence-corrected chi connectivity index (χ4v) is 3.49. The van der Waals surface area contributed by atoms with Crippen LogP contribution in [0.4, 0.5) is 0 Å². The molecule has 3 rings (SSSR count). The number of aromatic nitrogens is 1. The van der Waals surface area contributed by atoms with E-state index in [9.17, 15) is 4.79 Å². The predicted molar refractivity (Wildman–Crippen MR) is 99.9 cm³/mol. The normalized spacial score (nSPS) is 11.5. The maximum atomic E-state index is 12.3. The topological polar surface area (TPSA) is 34.4 Å². The van der Waals surface area contributed by atoms with Gasteiger partial charge in [-0.3, -0.25) is 9.36 Å². The van der Waals surface area contributed by atoms with Crippen LogP contribution in [-0.2, 0) is 0 Å². The zero-order valence-corrected chi connectivity index (χ0v) is 14.5. The average Bonchev–Trinajstić information content (AvgIpc) is 2.98. The van der Waals surface area contributed by atoms with Crippen molar-refractivity contribution in [2.75, 3.05) is 0 Å². The first-order valence-corrected chi connectivity index (χ1v) is 8.52. The highest BCUT2D eigenvalue weighted by Gasteiger charge is 2.10. The molecule has 0 fully saturated rings. The van der Waals surface area contributed by atoms with Crippen molar-refractivity contribution >= 4 is 23.4 Å². The fourth-order valence-electron chi connectivity index (χ4n) is 2.61. The molecular formula is C20H18N2OS. The number of carbonyl (C=O) groups excluding carboxylic acids is 1. The molecular weight excluding hydrogens is 316 g/mol. The Morgan fingerprint density at radius 1 is 1.17 bits per heavy atom. The van der Waals surface area contributed by atoms with Crippen molar-refractivity contribution in [2.45, 2.75) is 13.8 Å². The second kappa shape index (κ2) is 6.81. The fraction of sp³-hybridized carbons (Fsp3) is 0.100. The predicted octanol–water partition coefficient (Wildman–Crippen LogP) is 4.68. The van der Waals surface area contributed by atoms with E-state index >= 15 is 0 Å². The summed E-state index contributed by atoms with van der Waals surface area (Å²) in [6, 6.07) is 15.4. The number of amides is 1. The number of aryl methyl sites for hydroxylation is 2. The second-order valence-electron chi connectivity index (χ2n) is 5.56. The van der Waals surface area contributed by atoms with E-state index in [1.807, 2.05) is 28.1 Å². The summed E-state index contributed by atoms with van der Waals surface area (Å²) in [6.45, 7) is 8.03. The molecule has 0 radical (unpaired) electrons. The number of rotatable bonds is 3. The molecule has 0 saturated heterocycles. The van der Waals surface area contributed by atoms with Crippen molar-refractivity contribution in [3.63, 3.8) is 0 Å². The molecule has 0 saturated carbocycles. The first-order valence-electron chi connectivity index (χ1n) is 7.64. The molecule has 1 aromatic heterocycles. The molecule has 4 heteroatoms. The molecule has 3 nitrogen and oxygen atoms in total. The van der Waals surface area contributed by atoms with E-state index in [4.69, 9.17) is 0 Å². The number of benzene rings is 2. The van der Waals surface area contributed by atoms with Gasteiger partial charge in [-0.2, -0.15) is 4.99 Å². The highest BCUT2D eigenvalue weighted by Crippen LogP contribution is 2.25. The number of nitrogens with zero attached hydrogens (tertiary/aromatic N) is 2. The lowest BCUT2D eigenvalue weighted by atomic mass is 10.0. The standard InChI is InChI=1S/C20H18N2OS/c1-4-22-18(17-11-10-14(2)12-15(17)3)13-24-20(22)21-19(23)16-8-6-5-7-9-16/h4-13H,1H2,2-3H3/b21-20+. The Hall–Kier alpha value is -2.72. The molecule has 1 amide bonds. The van der Waals surface area contributed by atoms with Crippen molar-refractivity contribution in [2.24, 2.45) is 4.99 Å². The van der Waals surface area contributed by atoms with E-state index in [0.29, 0.717) is 10.4 Å². The van der Waals surface area contributed by atoms with Crippen LogP contribution in [0, 0.1) is 13.8 Å². The van der Waals surface area contributed by atoms with Crippen LogP contribution in [0.2, 0.25) is 0 Å². The van der Waals surface area contributed by atoms with E-state index in [2.05, 4.69) is 43.6 Å². The van der Waals surface area contributed by atoms with E-state index in [-0.39, 0.29) is 5.91 Å². The summed E-state index contributed by atoms with van der Waals surface area (Å²) in [4.78, 5) is 17.2. The maximum absolute atomic E-state index is 12.3. The van der Waals surface area contributed by atoms with Crippen LogP contribution in [0.5, 0.6) is 0 Å². The number of hydrogen-bond donors (Lipinski definition) is 0. The van der Waals surface area contributed by atoms with Gasteiger partial charge in [0.1, 0.15) is 0 Å². The molecule has 24 heavy (non-hydrogen) atoms. The van der Waals surface area contributed by atoms with Gasteiger partial charge in [-0.05, 0) is 31.5 Å². The van der Waals surface area contributed by atoms with Crippen molar-refractivity contribution in [3.05, 3.63) is 82.0 Å². The van der Waals surface area contributed by atoms with Crippen LogP contribution in [0.25, 0.3) is 17.5 Å². The minimum absolute atomic E-state index is 0.250. The van der Waals surface area contributed by atoms with Crippen LogP contribution < -0.4 is 4.80 Å². The Bertz CT molecular complexity index is 965. The van der Waals surface area contributed by atoms with Crippen molar-refractivity contribution in [1.82, 2.24) is 4.57 Å². The van der Waals surface area contributed by atoms with Gasteiger partial charge in [-0.1, -0.05) is 48.5 Å². The molecule has 120 valence electrons. The van der Waals surface area contributed by atoms with Gasteiger partial charge in [-0.15, -0.1) is 11.3 Å². The minimum Gasteiger partial charge on any atom is -0.292 e. The van der Waals surface area contributed by atoms with Crippen molar-refractivity contribution in [3.8, 4) is 11.3 Å². The Morgan fingerprint density at radius 2 is 1.92 bits per heavy atom. The van der Waals surface area contributed by atoms with Crippen LogP contribution in [0.3, 0.4) is 0 Å². The second-order valence-corrected chi connectivity index (χ2v) is 6.39. The molecule has 1 heterocycles. The SMILES string of the molecule is C=Cn1c(-c2ccc(C)cc2C)cs/c1=N/C(=O)c1ccccc1. The Labute approximate surface area is 145 Å². The monoisotopic (exact) mass is 334 g/mol. The van der Waals surface area contributed by atoms with Gasteiger partial charge in [0, 0.05) is 22.7 Å². The van der Waals surface area contributed by atoms with E-state index in [0.717, 1.165) is 11.3 Å². The molecule has 0 N–H and O–H groups in total. The molecule has 0 aliphatic rings.